The van der Waals surface area contributed by atoms with Gasteiger partial charge in [-0.15, -0.1) is 0 Å². The van der Waals surface area contributed by atoms with Gasteiger partial charge in [-0.05, 0) is 54.4 Å². The van der Waals surface area contributed by atoms with Gasteiger partial charge in [0.1, 0.15) is 0 Å². The lowest BCUT2D eigenvalue weighted by Crippen LogP contribution is -2.44. The largest absolute Gasteiger partial charge is 0.519 e. The van der Waals surface area contributed by atoms with Crippen LogP contribution in [0.2, 0.25) is 54.4 Å². The van der Waals surface area contributed by atoms with Gasteiger partial charge in [-0.2, -0.15) is 0 Å². The first-order valence-electron chi connectivity index (χ1n) is 11.6. The van der Waals surface area contributed by atoms with Gasteiger partial charge >= 0.3 is 11.9 Å². The zero-order chi connectivity index (χ0) is 26.8. The third kappa shape index (κ3) is 9.16. The van der Waals surface area contributed by atoms with Crippen LogP contribution in [0.5, 0.6) is 0 Å². The first-order chi connectivity index (χ1) is 14.2. The molecule has 33 heavy (non-hydrogen) atoms. The van der Waals surface area contributed by atoms with Crippen molar-refractivity contribution in [2.45, 2.75) is 123 Å². The molecule has 0 saturated heterocycles. The molecule has 192 valence electrons. The van der Waals surface area contributed by atoms with Gasteiger partial charge in [0.2, 0.25) is 0 Å². The monoisotopic (exact) mass is 516 g/mol. The Morgan fingerprint density at radius 1 is 0.606 bits per heavy atom. The number of hydrogen-bond acceptors (Lipinski definition) is 6. The van der Waals surface area contributed by atoms with E-state index in [9.17, 15) is 14.4 Å². The molecule has 0 aromatic heterocycles. The topological polar surface area (TPSA) is 78.9 Å². The highest BCUT2D eigenvalue weighted by molar-refractivity contribution is 6.76. The molecule has 0 aliphatic rings. The zero-order valence-corrected chi connectivity index (χ0v) is 26.7. The molecule has 0 amide bonds. The van der Waals surface area contributed by atoms with Crippen LogP contribution in [0.4, 0.5) is 0 Å². The normalized spacial score (nSPS) is 14.6. The van der Waals surface area contributed by atoms with Crippen molar-refractivity contribution in [1.29, 1.82) is 0 Å². The molecule has 0 saturated carbocycles. The Morgan fingerprint density at radius 3 is 1.30 bits per heavy atom. The van der Waals surface area contributed by atoms with E-state index in [4.69, 9.17) is 13.3 Å². The fourth-order valence-electron chi connectivity index (χ4n) is 1.84. The van der Waals surface area contributed by atoms with Gasteiger partial charge in [0.15, 0.2) is 0 Å². The summed E-state index contributed by atoms with van der Waals surface area (Å²) in [5.74, 6) is -1.80. The molecule has 0 spiro atoms. The Balaban J connectivity index is 6.01. The Labute approximate surface area is 205 Å². The van der Waals surface area contributed by atoms with Crippen molar-refractivity contribution in [3.05, 3.63) is 11.6 Å². The smallest absolute Gasteiger partial charge is 0.321 e. The second-order valence-electron chi connectivity index (χ2n) is 13.4. The molecule has 0 aliphatic carbocycles. The summed E-state index contributed by atoms with van der Waals surface area (Å²) in [5, 5.41) is -0.563. The predicted octanol–water partition coefficient (Wildman–Crippen LogP) is 6.95. The lowest BCUT2D eigenvalue weighted by molar-refractivity contribution is -0.138. The van der Waals surface area contributed by atoms with Crippen molar-refractivity contribution in [3.63, 3.8) is 0 Å². The third-order valence-electron chi connectivity index (χ3n) is 7.38. The molecule has 0 atom stereocenters. The quantitative estimate of drug-likeness (QED) is 0.269. The maximum Gasteiger partial charge on any atom is 0.321 e. The minimum atomic E-state index is -2.46. The van der Waals surface area contributed by atoms with Crippen molar-refractivity contribution in [3.8, 4) is 0 Å². The average molecular weight is 517 g/mol. The summed E-state index contributed by atoms with van der Waals surface area (Å²) in [6.07, 6.45) is 0.801. The highest BCUT2D eigenvalue weighted by atomic mass is 28.4. The first kappa shape index (κ1) is 31.8. The maximum absolute atomic E-state index is 13.2. The van der Waals surface area contributed by atoms with E-state index in [1.807, 2.05) is 102 Å². The van der Waals surface area contributed by atoms with Crippen molar-refractivity contribution >= 4 is 42.9 Å². The molecule has 0 rings (SSSR count). The lowest BCUT2D eigenvalue weighted by atomic mass is 10.2. The highest BCUT2D eigenvalue weighted by Gasteiger charge is 2.43. The zero-order valence-electron chi connectivity index (χ0n) is 23.7. The summed E-state index contributed by atoms with van der Waals surface area (Å²) in [5.41, 5.74) is -0.0211. The first-order valence-corrected chi connectivity index (χ1v) is 20.3. The van der Waals surface area contributed by atoms with Crippen molar-refractivity contribution < 1.29 is 27.7 Å². The molecule has 0 aliphatic heterocycles. The Bertz CT molecular complexity index is 775. The predicted molar refractivity (Wildman–Crippen MR) is 143 cm³/mol. The van der Waals surface area contributed by atoms with Crippen LogP contribution in [-0.2, 0) is 27.7 Å². The molecule has 6 nitrogen and oxygen atoms in total. The van der Waals surface area contributed by atoms with Gasteiger partial charge in [0, 0.05) is 6.08 Å². The van der Waals surface area contributed by atoms with Crippen LogP contribution in [-0.4, -0.2) is 42.9 Å². The van der Waals surface area contributed by atoms with Gasteiger partial charge in [-0.1, -0.05) is 62.3 Å². The molecule has 0 heterocycles. The standard InChI is InChI=1S/C24H48O6Si3/c1-22(2,3)31(10,11)28-19(25)16-18(21(27)30-33(14,15)24(7,8)9)17-20(26)29-32(12,13)23(4,5)6/h16H,17H2,1-15H3/b18-16+. The van der Waals surface area contributed by atoms with Gasteiger partial charge in [0.05, 0.1) is 12.0 Å². The molecule has 0 aromatic carbocycles. The SMILES string of the molecule is CC(C)(C)[Si](C)(C)OC(=O)/C=C(\CC(=O)O[Si](C)(C)C(C)(C)C)C(=O)O[Si](C)(C)C(C)(C)C. The van der Waals surface area contributed by atoms with Crippen LogP contribution in [0.3, 0.4) is 0 Å². The van der Waals surface area contributed by atoms with E-state index >= 15 is 0 Å². The molecule has 0 unspecified atom stereocenters. The van der Waals surface area contributed by atoms with Crippen molar-refractivity contribution in [2.75, 3.05) is 0 Å². The van der Waals surface area contributed by atoms with Gasteiger partial charge in [-0.25, -0.2) is 9.59 Å². The number of carbonyl (C=O) groups is 3. The van der Waals surface area contributed by atoms with E-state index in [2.05, 4.69) is 0 Å². The fourth-order valence-corrected chi connectivity index (χ4v) is 4.55. The van der Waals surface area contributed by atoms with Crippen LogP contribution in [0.25, 0.3) is 0 Å². The lowest BCUT2D eigenvalue weighted by Gasteiger charge is -2.36. The Morgan fingerprint density at radius 2 is 0.939 bits per heavy atom. The molecule has 0 fully saturated rings. The van der Waals surface area contributed by atoms with Gasteiger partial charge < -0.3 is 13.3 Å². The average Bonchev–Trinajstić information content (AvgIpc) is 2.49. The molecule has 0 radical (unpaired) electrons. The van der Waals surface area contributed by atoms with Crippen LogP contribution in [0.1, 0.15) is 68.7 Å². The number of hydrogen-bond donors (Lipinski definition) is 0. The van der Waals surface area contributed by atoms with E-state index in [1.165, 1.54) is 0 Å². The van der Waals surface area contributed by atoms with E-state index in [0.29, 0.717) is 0 Å². The van der Waals surface area contributed by atoms with E-state index in [0.717, 1.165) is 6.08 Å². The molecular weight excluding hydrogens is 469 g/mol. The van der Waals surface area contributed by atoms with Crippen molar-refractivity contribution in [1.82, 2.24) is 0 Å². The van der Waals surface area contributed by atoms with Crippen LogP contribution < -0.4 is 0 Å². The summed E-state index contributed by atoms with van der Waals surface area (Å²) in [6.45, 7) is 30.0. The number of carbonyl (C=O) groups excluding carboxylic acids is 3. The minimum absolute atomic E-state index is 0.0211. The summed E-state index contributed by atoms with van der Waals surface area (Å²) < 4.78 is 17.5. The van der Waals surface area contributed by atoms with Gasteiger partial charge in [0.25, 0.3) is 30.9 Å². The van der Waals surface area contributed by atoms with Crippen LogP contribution in [0.15, 0.2) is 11.6 Å². The van der Waals surface area contributed by atoms with E-state index < -0.39 is 42.9 Å². The molecular formula is C24H48O6Si3. The Hall–Kier alpha value is -1.20. The maximum atomic E-state index is 13.2. The van der Waals surface area contributed by atoms with E-state index in [1.54, 1.807) is 0 Å². The second kappa shape index (κ2) is 10.2. The van der Waals surface area contributed by atoms with Crippen molar-refractivity contribution in [2.24, 2.45) is 0 Å². The van der Waals surface area contributed by atoms with E-state index in [-0.39, 0.29) is 27.1 Å². The summed E-state index contributed by atoms with van der Waals surface area (Å²) in [6, 6.07) is 0. The Kier molecular flexibility index (Phi) is 9.82. The highest BCUT2D eigenvalue weighted by Crippen LogP contribution is 2.39. The van der Waals surface area contributed by atoms with Gasteiger partial charge in [-0.3, -0.25) is 4.79 Å². The minimum Gasteiger partial charge on any atom is -0.519 e. The fraction of sp³-hybridized carbons (Fsp3) is 0.792. The summed E-state index contributed by atoms with van der Waals surface area (Å²) in [7, 11) is -7.24. The molecule has 0 N–H and O–H groups in total. The summed E-state index contributed by atoms with van der Waals surface area (Å²) >= 11 is 0. The molecule has 0 aromatic rings. The van der Waals surface area contributed by atoms with Crippen LogP contribution >= 0.6 is 0 Å². The third-order valence-corrected chi connectivity index (χ3v) is 20.4. The number of rotatable bonds is 7. The molecule has 0 bridgehead atoms. The second-order valence-corrected chi connectivity index (χ2v) is 27.6. The summed E-state index contributed by atoms with van der Waals surface area (Å²) in [4.78, 5) is 38.8. The molecule has 9 heteroatoms. The van der Waals surface area contributed by atoms with Crippen LogP contribution in [0, 0.1) is 0 Å².